The van der Waals surface area contributed by atoms with Crippen LogP contribution in [-0.2, 0) is 10.0 Å². The summed E-state index contributed by atoms with van der Waals surface area (Å²) in [6, 6.07) is 5.00. The van der Waals surface area contributed by atoms with Crippen LogP contribution in [0.3, 0.4) is 0 Å². The van der Waals surface area contributed by atoms with Crippen LogP contribution in [0, 0.1) is 5.92 Å². The van der Waals surface area contributed by atoms with Crippen LogP contribution >= 0.6 is 0 Å². The standard InChI is InChI=1S/C17H21F3N2O3S/c18-17(19,20)14-4-1-2-5-15(14)21-16(23)12-6-8-13(9-7-12)22-10-3-11-26(22,24)25/h6-9,14-15H,1-5,10-11H2,(H,21,23). The van der Waals surface area contributed by atoms with Crippen molar-refractivity contribution in [1.29, 1.82) is 0 Å². The van der Waals surface area contributed by atoms with Crippen molar-refractivity contribution >= 4 is 21.6 Å². The van der Waals surface area contributed by atoms with Gasteiger partial charge in [0.1, 0.15) is 0 Å². The first-order valence-electron chi connectivity index (χ1n) is 8.66. The number of amides is 1. The van der Waals surface area contributed by atoms with E-state index in [0.29, 0.717) is 37.9 Å². The van der Waals surface area contributed by atoms with E-state index >= 15 is 0 Å². The zero-order chi connectivity index (χ0) is 18.9. The summed E-state index contributed by atoms with van der Waals surface area (Å²) in [4.78, 5) is 12.3. The largest absolute Gasteiger partial charge is 0.393 e. The zero-order valence-corrected chi connectivity index (χ0v) is 14.9. The van der Waals surface area contributed by atoms with Crippen molar-refractivity contribution in [2.24, 2.45) is 5.92 Å². The van der Waals surface area contributed by atoms with E-state index in [9.17, 15) is 26.4 Å². The molecule has 144 valence electrons. The van der Waals surface area contributed by atoms with Gasteiger partial charge < -0.3 is 5.32 Å². The van der Waals surface area contributed by atoms with E-state index in [2.05, 4.69) is 5.32 Å². The molecule has 1 aliphatic heterocycles. The number of carbonyl (C=O) groups is 1. The van der Waals surface area contributed by atoms with Crippen LogP contribution in [0.15, 0.2) is 24.3 Å². The highest BCUT2D eigenvalue weighted by atomic mass is 32.2. The molecule has 2 aliphatic rings. The van der Waals surface area contributed by atoms with Gasteiger partial charge in [0, 0.05) is 18.2 Å². The lowest BCUT2D eigenvalue weighted by molar-refractivity contribution is -0.187. The average Bonchev–Trinajstić information content (AvgIpc) is 2.94. The lowest BCUT2D eigenvalue weighted by atomic mass is 9.84. The summed E-state index contributed by atoms with van der Waals surface area (Å²) in [5.41, 5.74) is 0.682. The number of nitrogens with one attached hydrogen (secondary N) is 1. The maximum absolute atomic E-state index is 13.1. The molecule has 2 atom stereocenters. The number of nitrogens with zero attached hydrogens (tertiary/aromatic N) is 1. The summed E-state index contributed by atoms with van der Waals surface area (Å²) < 4.78 is 64.5. The zero-order valence-electron chi connectivity index (χ0n) is 14.1. The first-order chi connectivity index (χ1) is 12.2. The maximum atomic E-state index is 13.1. The number of carbonyl (C=O) groups excluding carboxylic acids is 1. The molecular weight excluding hydrogens is 369 g/mol. The van der Waals surface area contributed by atoms with Gasteiger partial charge in [-0.15, -0.1) is 0 Å². The fourth-order valence-corrected chi connectivity index (χ4v) is 5.22. The van der Waals surface area contributed by atoms with Crippen molar-refractivity contribution in [3.8, 4) is 0 Å². The van der Waals surface area contributed by atoms with Crippen molar-refractivity contribution in [2.75, 3.05) is 16.6 Å². The molecule has 0 bridgehead atoms. The lowest BCUT2D eigenvalue weighted by Gasteiger charge is -2.33. The highest BCUT2D eigenvalue weighted by Crippen LogP contribution is 2.37. The van der Waals surface area contributed by atoms with Gasteiger partial charge in [-0.25, -0.2) is 8.42 Å². The number of hydrogen-bond donors (Lipinski definition) is 1. The van der Waals surface area contributed by atoms with Gasteiger partial charge in [-0.1, -0.05) is 12.8 Å². The van der Waals surface area contributed by atoms with E-state index in [1.165, 1.54) is 28.6 Å². The fourth-order valence-electron chi connectivity index (χ4n) is 3.66. The Morgan fingerprint density at radius 2 is 1.73 bits per heavy atom. The molecule has 5 nitrogen and oxygen atoms in total. The minimum Gasteiger partial charge on any atom is -0.349 e. The minimum absolute atomic E-state index is 0.0280. The first-order valence-corrected chi connectivity index (χ1v) is 10.3. The van der Waals surface area contributed by atoms with Gasteiger partial charge in [-0.05, 0) is 43.5 Å². The second-order valence-corrected chi connectivity index (χ2v) is 8.81. The molecule has 2 unspecified atom stereocenters. The summed E-state index contributed by atoms with van der Waals surface area (Å²) in [6.07, 6.45) is -2.28. The Hall–Kier alpha value is -1.77. The number of benzene rings is 1. The molecule has 9 heteroatoms. The molecule has 1 saturated heterocycles. The SMILES string of the molecule is O=C(NC1CCCCC1C(F)(F)F)c1ccc(N2CCCS2(=O)=O)cc1. The van der Waals surface area contributed by atoms with Crippen LogP contribution in [0.4, 0.5) is 18.9 Å². The van der Waals surface area contributed by atoms with Crippen LogP contribution in [0.25, 0.3) is 0 Å². The van der Waals surface area contributed by atoms with Crippen molar-refractivity contribution in [2.45, 2.75) is 44.3 Å². The van der Waals surface area contributed by atoms with E-state index in [-0.39, 0.29) is 17.7 Å². The molecule has 1 amide bonds. The predicted molar refractivity (Wildman–Crippen MR) is 91.5 cm³/mol. The number of sulfonamides is 1. The van der Waals surface area contributed by atoms with Gasteiger partial charge in [-0.2, -0.15) is 13.2 Å². The average molecular weight is 390 g/mol. The second-order valence-electron chi connectivity index (χ2n) is 6.80. The normalized spacial score (nSPS) is 25.9. The third-order valence-corrected chi connectivity index (χ3v) is 6.89. The number of rotatable bonds is 3. The Bertz CT molecular complexity index is 762. The molecule has 0 spiro atoms. The van der Waals surface area contributed by atoms with Gasteiger partial charge in [0.05, 0.1) is 17.4 Å². The molecular formula is C17H21F3N2O3S. The van der Waals surface area contributed by atoms with Crippen LogP contribution in [0.2, 0.25) is 0 Å². The number of alkyl halides is 3. The van der Waals surface area contributed by atoms with Gasteiger partial charge >= 0.3 is 6.18 Å². The van der Waals surface area contributed by atoms with E-state index in [1.54, 1.807) is 0 Å². The third kappa shape index (κ3) is 3.97. The van der Waals surface area contributed by atoms with Crippen molar-refractivity contribution in [3.05, 3.63) is 29.8 Å². The highest BCUT2D eigenvalue weighted by Gasteiger charge is 2.46. The molecule has 1 saturated carbocycles. The van der Waals surface area contributed by atoms with Crippen LogP contribution in [-0.4, -0.2) is 38.8 Å². The monoisotopic (exact) mass is 390 g/mol. The van der Waals surface area contributed by atoms with Crippen molar-refractivity contribution in [3.63, 3.8) is 0 Å². The summed E-state index contributed by atoms with van der Waals surface area (Å²) in [5, 5.41) is 2.51. The van der Waals surface area contributed by atoms with Gasteiger partial charge in [0.2, 0.25) is 10.0 Å². The smallest absolute Gasteiger partial charge is 0.349 e. The Kier molecular flexibility index (Phi) is 5.18. The molecule has 3 rings (SSSR count). The molecule has 0 aromatic heterocycles. The summed E-state index contributed by atoms with van der Waals surface area (Å²) >= 11 is 0. The number of hydrogen-bond acceptors (Lipinski definition) is 3. The molecule has 1 aliphatic carbocycles. The Morgan fingerprint density at radius 3 is 2.31 bits per heavy atom. The molecule has 26 heavy (non-hydrogen) atoms. The Morgan fingerprint density at radius 1 is 1.08 bits per heavy atom. The Balaban J connectivity index is 1.70. The summed E-state index contributed by atoms with van der Waals surface area (Å²) in [5.74, 6) is -1.99. The van der Waals surface area contributed by atoms with E-state index in [4.69, 9.17) is 0 Å². The highest BCUT2D eigenvalue weighted by molar-refractivity contribution is 7.93. The fraction of sp³-hybridized carbons (Fsp3) is 0.588. The van der Waals surface area contributed by atoms with Gasteiger partial charge in [-0.3, -0.25) is 9.10 Å². The maximum Gasteiger partial charge on any atom is 0.393 e. The number of anilines is 1. The van der Waals surface area contributed by atoms with Crippen molar-refractivity contribution in [1.82, 2.24) is 5.32 Å². The summed E-state index contributed by atoms with van der Waals surface area (Å²) in [7, 11) is -3.31. The van der Waals surface area contributed by atoms with Crippen molar-refractivity contribution < 1.29 is 26.4 Å². The van der Waals surface area contributed by atoms with Crippen LogP contribution in [0.1, 0.15) is 42.5 Å². The quantitative estimate of drug-likeness (QED) is 0.863. The predicted octanol–water partition coefficient (Wildman–Crippen LogP) is 3.08. The topological polar surface area (TPSA) is 66.5 Å². The minimum atomic E-state index is -4.33. The Labute approximate surface area is 150 Å². The van der Waals surface area contributed by atoms with Gasteiger partial charge in [0.15, 0.2) is 0 Å². The molecule has 1 heterocycles. The molecule has 1 aromatic carbocycles. The van der Waals surface area contributed by atoms with Gasteiger partial charge in [0.25, 0.3) is 5.91 Å². The molecule has 1 aromatic rings. The van der Waals surface area contributed by atoms with Crippen LogP contribution in [0.5, 0.6) is 0 Å². The van der Waals surface area contributed by atoms with Crippen LogP contribution < -0.4 is 9.62 Å². The van der Waals surface area contributed by atoms with E-state index in [1.807, 2.05) is 0 Å². The first kappa shape index (κ1) is 19.0. The molecule has 0 radical (unpaired) electrons. The van der Waals surface area contributed by atoms with E-state index < -0.39 is 34.1 Å². The third-order valence-electron chi connectivity index (χ3n) is 5.02. The van der Waals surface area contributed by atoms with E-state index in [0.717, 1.165) is 0 Å². The molecule has 2 fully saturated rings. The second kappa shape index (κ2) is 7.09. The number of halogens is 3. The lowest BCUT2D eigenvalue weighted by Crippen LogP contribution is -2.47. The molecule has 1 N–H and O–H groups in total. The summed E-state index contributed by atoms with van der Waals surface area (Å²) in [6.45, 7) is 0.392.